The summed E-state index contributed by atoms with van der Waals surface area (Å²) in [5.74, 6) is 1.06. The molecule has 1 aromatic carbocycles. The number of amides is 1. The molecule has 1 aromatic rings. The van der Waals surface area contributed by atoms with Gasteiger partial charge in [-0.1, -0.05) is 62.9 Å². The van der Waals surface area contributed by atoms with E-state index in [2.05, 4.69) is 57.2 Å². The van der Waals surface area contributed by atoms with Gasteiger partial charge < -0.3 is 20.2 Å². The number of nitrogens with one attached hydrogen (secondary N) is 2. The number of hydrogen-bond acceptors (Lipinski definition) is 6. The van der Waals surface area contributed by atoms with Gasteiger partial charge in [0.2, 0.25) is 5.91 Å². The molecule has 1 amide bonds. The summed E-state index contributed by atoms with van der Waals surface area (Å²) < 4.78 is 0. The lowest BCUT2D eigenvalue weighted by Crippen LogP contribution is -2.77. The van der Waals surface area contributed by atoms with Crippen molar-refractivity contribution in [2.45, 2.75) is 96.8 Å². The quantitative estimate of drug-likeness (QED) is 0.445. The van der Waals surface area contributed by atoms with Crippen LogP contribution >= 0.6 is 23.2 Å². The number of carbonyl (C=O) groups excluding carboxylic acids is 3. The molecule has 0 spiro atoms. The Morgan fingerprint density at radius 1 is 1.05 bits per heavy atom. The highest BCUT2D eigenvalue weighted by atomic mass is 35.5. The van der Waals surface area contributed by atoms with E-state index in [9.17, 15) is 4.79 Å². The molecule has 5 rings (SSSR count). The molecular weight excluding hydrogens is 511 g/mol. The zero-order valence-electron chi connectivity index (χ0n) is 23.3. The number of aliphatic imine (C=N–C) groups is 1. The summed E-state index contributed by atoms with van der Waals surface area (Å²) in [6.45, 7) is 16.1. The molecule has 1 aliphatic heterocycles. The van der Waals surface area contributed by atoms with Gasteiger partial charge in [-0.05, 0) is 64.3 Å². The first-order chi connectivity index (χ1) is 17.5. The average molecular weight is 556 g/mol. The molecule has 2 bridgehead atoms. The normalized spacial score (nSPS) is 25.8. The van der Waals surface area contributed by atoms with Crippen LogP contribution in [-0.2, 0) is 20.9 Å². The first-order valence-corrected chi connectivity index (χ1v) is 13.6. The van der Waals surface area contributed by atoms with Crippen LogP contribution in [0.1, 0.15) is 78.7 Å². The number of nitrogens with zero attached hydrogens (tertiary/aromatic N) is 2. The standard InChI is InChI=1S/C22H30Cl2N4O.C4H10.2CH2O/c1-5-8-25-18(29)17-20(2,3)27-19(26-17)21-11-22(12-21,13-21)28(4)10-14-6-7-15(23)16(24)9-14;1-3-4-2;2*1-2/h6-7,9,17H,5,8,10-13H2,1-4H3,(H,25,29)(H,26,27);3-4H2,1-2H3;2*1H2/t17-,21?,22?;;;/m0.../s1. The molecular formula is C28H44Cl2N4O3. The molecule has 1 atom stereocenters. The maximum absolute atomic E-state index is 12.6. The average Bonchev–Trinajstić information content (AvgIpc) is 3.15. The fraction of sp³-hybridized carbons (Fsp3) is 0.643. The van der Waals surface area contributed by atoms with Crippen LogP contribution in [0.25, 0.3) is 0 Å². The van der Waals surface area contributed by atoms with Crippen LogP contribution in [0.2, 0.25) is 10.0 Å². The predicted molar refractivity (Wildman–Crippen MR) is 154 cm³/mol. The number of halogens is 2. The third-order valence-electron chi connectivity index (χ3n) is 7.40. The van der Waals surface area contributed by atoms with Gasteiger partial charge in [0.05, 0.1) is 15.6 Å². The third kappa shape index (κ3) is 7.33. The molecule has 0 unspecified atom stereocenters. The van der Waals surface area contributed by atoms with Gasteiger partial charge in [0, 0.05) is 24.0 Å². The minimum absolute atomic E-state index is 0.0254. The van der Waals surface area contributed by atoms with E-state index in [0.717, 1.165) is 38.1 Å². The van der Waals surface area contributed by atoms with Crippen molar-refractivity contribution in [2.75, 3.05) is 13.6 Å². The Balaban J connectivity index is 0.000000767. The molecule has 9 heteroatoms. The lowest BCUT2D eigenvalue weighted by molar-refractivity contribution is -0.175. The molecule has 37 heavy (non-hydrogen) atoms. The summed E-state index contributed by atoms with van der Waals surface area (Å²) in [7, 11) is 2.18. The fourth-order valence-corrected chi connectivity index (χ4v) is 5.49. The molecule has 3 fully saturated rings. The summed E-state index contributed by atoms with van der Waals surface area (Å²) in [5, 5.41) is 7.77. The third-order valence-corrected chi connectivity index (χ3v) is 8.14. The lowest BCUT2D eigenvalue weighted by atomic mass is 9.38. The SMILES string of the molecule is C=O.C=O.CCCC.CCCNC(=O)[C@@H]1N=C(C23CC(N(C)Cc4ccc(Cl)c(Cl)c4)(C2)C3)NC1(C)C. The van der Waals surface area contributed by atoms with Crippen molar-refractivity contribution >= 4 is 48.5 Å². The van der Waals surface area contributed by atoms with Crippen LogP contribution in [0.3, 0.4) is 0 Å². The van der Waals surface area contributed by atoms with Crippen molar-refractivity contribution < 1.29 is 14.4 Å². The Bertz CT molecular complexity index is 914. The van der Waals surface area contributed by atoms with Crippen molar-refractivity contribution in [2.24, 2.45) is 10.4 Å². The number of benzene rings is 1. The predicted octanol–water partition coefficient (Wildman–Crippen LogP) is 5.46. The molecule has 0 aromatic heterocycles. The second-order valence-corrected chi connectivity index (χ2v) is 11.5. The maximum atomic E-state index is 12.6. The van der Waals surface area contributed by atoms with Gasteiger partial charge in [-0.3, -0.25) is 14.7 Å². The number of carbonyl (C=O) groups is 3. The molecule has 4 aliphatic rings. The molecule has 0 saturated heterocycles. The Hall–Kier alpha value is -1.96. The molecule has 3 aliphatic carbocycles. The van der Waals surface area contributed by atoms with Gasteiger partial charge in [-0.15, -0.1) is 0 Å². The van der Waals surface area contributed by atoms with E-state index in [-0.39, 0.29) is 28.4 Å². The van der Waals surface area contributed by atoms with E-state index < -0.39 is 0 Å². The Labute approximate surface area is 232 Å². The van der Waals surface area contributed by atoms with Gasteiger partial charge in [-0.2, -0.15) is 0 Å². The zero-order valence-corrected chi connectivity index (χ0v) is 24.8. The minimum Gasteiger partial charge on any atom is -0.366 e. The van der Waals surface area contributed by atoms with E-state index in [1.165, 1.54) is 18.4 Å². The topological polar surface area (TPSA) is 90.9 Å². The highest BCUT2D eigenvalue weighted by Crippen LogP contribution is 2.70. The van der Waals surface area contributed by atoms with Crippen LogP contribution in [0.5, 0.6) is 0 Å². The molecule has 7 nitrogen and oxygen atoms in total. The second-order valence-electron chi connectivity index (χ2n) is 10.7. The van der Waals surface area contributed by atoms with Crippen molar-refractivity contribution in [1.29, 1.82) is 0 Å². The molecule has 2 N–H and O–H groups in total. The van der Waals surface area contributed by atoms with Crippen LogP contribution in [0.4, 0.5) is 0 Å². The smallest absolute Gasteiger partial charge is 0.247 e. The van der Waals surface area contributed by atoms with Crippen molar-refractivity contribution in [3.8, 4) is 0 Å². The van der Waals surface area contributed by atoms with E-state index in [4.69, 9.17) is 37.8 Å². The number of rotatable bonds is 8. The van der Waals surface area contributed by atoms with Gasteiger partial charge in [-0.25, -0.2) is 0 Å². The fourth-order valence-electron chi connectivity index (χ4n) is 5.17. The van der Waals surface area contributed by atoms with E-state index in [0.29, 0.717) is 16.6 Å². The van der Waals surface area contributed by atoms with Crippen molar-refractivity contribution in [3.63, 3.8) is 0 Å². The highest BCUT2D eigenvalue weighted by Gasteiger charge is 2.72. The minimum atomic E-state index is -0.358. The molecule has 0 radical (unpaired) electrons. The van der Waals surface area contributed by atoms with E-state index in [1.807, 2.05) is 31.8 Å². The molecule has 1 heterocycles. The summed E-state index contributed by atoms with van der Waals surface area (Å²) in [6, 6.07) is 5.49. The number of hydrogen-bond donors (Lipinski definition) is 2. The van der Waals surface area contributed by atoms with Crippen LogP contribution < -0.4 is 10.6 Å². The number of amidine groups is 1. The maximum Gasteiger partial charge on any atom is 0.247 e. The summed E-state index contributed by atoms with van der Waals surface area (Å²) in [5.41, 5.74) is 1.17. The van der Waals surface area contributed by atoms with Gasteiger partial charge in [0.15, 0.2) is 6.04 Å². The zero-order chi connectivity index (χ0) is 28.4. The number of unbranched alkanes of at least 4 members (excludes halogenated alkanes) is 1. The Morgan fingerprint density at radius 2 is 1.62 bits per heavy atom. The van der Waals surface area contributed by atoms with Gasteiger partial charge in [0.25, 0.3) is 0 Å². The van der Waals surface area contributed by atoms with E-state index in [1.54, 1.807) is 0 Å². The van der Waals surface area contributed by atoms with Crippen LogP contribution in [0, 0.1) is 5.41 Å². The largest absolute Gasteiger partial charge is 0.366 e. The first-order valence-electron chi connectivity index (χ1n) is 12.9. The summed E-state index contributed by atoms with van der Waals surface area (Å²) in [6.07, 6.45) is 6.83. The van der Waals surface area contributed by atoms with E-state index >= 15 is 0 Å². The highest BCUT2D eigenvalue weighted by molar-refractivity contribution is 6.42. The second kappa shape index (κ2) is 14.3. The van der Waals surface area contributed by atoms with Crippen molar-refractivity contribution in [1.82, 2.24) is 15.5 Å². The Morgan fingerprint density at radius 3 is 2.11 bits per heavy atom. The lowest BCUT2D eigenvalue weighted by Gasteiger charge is -2.73. The van der Waals surface area contributed by atoms with Crippen LogP contribution in [0.15, 0.2) is 23.2 Å². The molecule has 3 saturated carbocycles. The summed E-state index contributed by atoms with van der Waals surface area (Å²) in [4.78, 5) is 35.8. The van der Waals surface area contributed by atoms with Crippen LogP contribution in [-0.4, -0.2) is 60.9 Å². The Kier molecular flexibility index (Phi) is 12.7. The van der Waals surface area contributed by atoms with Gasteiger partial charge in [0.1, 0.15) is 19.4 Å². The monoisotopic (exact) mass is 554 g/mol. The van der Waals surface area contributed by atoms with Crippen molar-refractivity contribution in [3.05, 3.63) is 33.8 Å². The summed E-state index contributed by atoms with van der Waals surface area (Å²) >= 11 is 12.2. The first kappa shape index (κ1) is 33.1. The van der Waals surface area contributed by atoms with Gasteiger partial charge >= 0.3 is 0 Å². The molecule has 208 valence electrons.